The first-order chi connectivity index (χ1) is 7.24. The minimum atomic E-state index is -0.150. The number of hydrogen-bond acceptors (Lipinski definition) is 3. The van der Waals surface area contributed by atoms with Crippen LogP contribution in [0, 0.1) is 5.92 Å². The number of rotatable bonds is 9. The third kappa shape index (κ3) is 8.43. The summed E-state index contributed by atoms with van der Waals surface area (Å²) in [5.74, 6) is 0.474. The maximum absolute atomic E-state index is 11.0. The van der Waals surface area contributed by atoms with E-state index in [1.54, 1.807) is 0 Å². The van der Waals surface area contributed by atoms with Gasteiger partial charge in [0.05, 0.1) is 0 Å². The number of hydroxylamine groups is 1. The van der Waals surface area contributed by atoms with E-state index in [1.807, 2.05) is 6.92 Å². The topological polar surface area (TPSA) is 38.3 Å². The summed E-state index contributed by atoms with van der Waals surface area (Å²) in [5, 5.41) is 0. The van der Waals surface area contributed by atoms with Gasteiger partial charge in [-0.25, -0.2) is 0 Å². The molecule has 3 heteroatoms. The van der Waals surface area contributed by atoms with Gasteiger partial charge in [0.1, 0.15) is 0 Å². The van der Waals surface area contributed by atoms with E-state index in [2.05, 4.69) is 19.3 Å². The molecule has 0 saturated carbocycles. The molecule has 15 heavy (non-hydrogen) atoms. The van der Waals surface area contributed by atoms with Gasteiger partial charge in [0, 0.05) is 13.0 Å². The van der Waals surface area contributed by atoms with Gasteiger partial charge >= 0.3 is 5.97 Å². The van der Waals surface area contributed by atoms with E-state index in [9.17, 15) is 4.79 Å². The van der Waals surface area contributed by atoms with Crippen molar-refractivity contribution in [2.24, 2.45) is 5.92 Å². The lowest BCUT2D eigenvalue weighted by atomic mass is 10.00. The Labute approximate surface area is 93.5 Å². The van der Waals surface area contributed by atoms with Gasteiger partial charge < -0.3 is 4.84 Å². The smallest absolute Gasteiger partial charge is 0.324 e. The zero-order chi connectivity index (χ0) is 11.5. The van der Waals surface area contributed by atoms with Crippen molar-refractivity contribution in [3.05, 3.63) is 0 Å². The van der Waals surface area contributed by atoms with Gasteiger partial charge in [0.15, 0.2) is 0 Å². The molecule has 0 aliphatic heterocycles. The Hall–Kier alpha value is -0.570. The van der Waals surface area contributed by atoms with Gasteiger partial charge in [0.2, 0.25) is 0 Å². The highest BCUT2D eigenvalue weighted by Gasteiger charge is 2.07. The first-order valence-electron chi connectivity index (χ1n) is 6.17. The SMILES string of the molecule is CCCCC(CC)CNOC(=O)CCC. The average molecular weight is 215 g/mol. The first-order valence-corrected chi connectivity index (χ1v) is 6.17. The lowest BCUT2D eigenvalue weighted by Crippen LogP contribution is -2.25. The standard InChI is InChI=1S/C12H25NO2/c1-4-7-9-11(6-3)10-13-15-12(14)8-5-2/h11,13H,4-10H2,1-3H3. The van der Waals surface area contributed by atoms with Crippen molar-refractivity contribution < 1.29 is 9.63 Å². The summed E-state index contributed by atoms with van der Waals surface area (Å²) >= 11 is 0. The fraction of sp³-hybridized carbons (Fsp3) is 0.917. The normalized spacial score (nSPS) is 12.5. The Bertz CT molecular complexity index is 160. The summed E-state index contributed by atoms with van der Waals surface area (Å²) in [6.45, 7) is 7.13. The maximum Gasteiger partial charge on any atom is 0.324 e. The first kappa shape index (κ1) is 14.4. The number of nitrogens with one attached hydrogen (secondary N) is 1. The largest absolute Gasteiger partial charge is 0.371 e. The second kappa shape index (κ2) is 9.97. The van der Waals surface area contributed by atoms with Gasteiger partial charge in [-0.05, 0) is 18.8 Å². The Kier molecular flexibility index (Phi) is 9.59. The van der Waals surface area contributed by atoms with E-state index in [-0.39, 0.29) is 5.97 Å². The van der Waals surface area contributed by atoms with Gasteiger partial charge in [-0.3, -0.25) is 4.79 Å². The van der Waals surface area contributed by atoms with Crippen LogP contribution in [0.3, 0.4) is 0 Å². The van der Waals surface area contributed by atoms with Crippen molar-refractivity contribution in [2.75, 3.05) is 6.54 Å². The van der Waals surface area contributed by atoms with Crippen LogP contribution in [0.25, 0.3) is 0 Å². The second-order valence-electron chi connectivity index (χ2n) is 3.99. The number of carbonyl (C=O) groups excluding carboxylic acids is 1. The molecule has 3 nitrogen and oxygen atoms in total. The van der Waals surface area contributed by atoms with E-state index >= 15 is 0 Å². The summed E-state index contributed by atoms with van der Waals surface area (Å²) in [4.78, 5) is 15.9. The van der Waals surface area contributed by atoms with Crippen LogP contribution in [0.5, 0.6) is 0 Å². The minimum absolute atomic E-state index is 0.150. The molecule has 0 radical (unpaired) electrons. The average Bonchev–Trinajstić information content (AvgIpc) is 2.23. The third-order valence-electron chi connectivity index (χ3n) is 2.56. The lowest BCUT2D eigenvalue weighted by molar-refractivity contribution is -0.151. The number of carbonyl (C=O) groups is 1. The molecule has 0 aromatic heterocycles. The van der Waals surface area contributed by atoms with Gasteiger partial charge in [-0.15, -0.1) is 0 Å². The minimum Gasteiger partial charge on any atom is -0.371 e. The zero-order valence-electron chi connectivity index (χ0n) is 10.3. The third-order valence-corrected chi connectivity index (χ3v) is 2.56. The van der Waals surface area contributed by atoms with Crippen molar-refractivity contribution in [1.82, 2.24) is 5.48 Å². The van der Waals surface area contributed by atoms with Crippen LogP contribution in [0.1, 0.15) is 59.3 Å². The molecule has 0 heterocycles. The molecular formula is C12H25NO2. The Morgan fingerprint density at radius 1 is 1.27 bits per heavy atom. The van der Waals surface area contributed by atoms with Crippen LogP contribution in [0.15, 0.2) is 0 Å². The highest BCUT2D eigenvalue weighted by molar-refractivity contribution is 5.68. The van der Waals surface area contributed by atoms with Crippen molar-refractivity contribution >= 4 is 5.97 Å². The Balaban J connectivity index is 3.49. The fourth-order valence-corrected chi connectivity index (χ4v) is 1.44. The van der Waals surface area contributed by atoms with Gasteiger partial charge in [-0.1, -0.05) is 40.0 Å². The van der Waals surface area contributed by atoms with E-state index in [1.165, 1.54) is 19.3 Å². The molecule has 0 aromatic rings. The summed E-state index contributed by atoms with van der Waals surface area (Å²) in [7, 11) is 0. The molecule has 1 atom stereocenters. The molecule has 90 valence electrons. The Morgan fingerprint density at radius 3 is 2.53 bits per heavy atom. The van der Waals surface area contributed by atoms with E-state index in [0.717, 1.165) is 19.4 Å². The summed E-state index contributed by atoms with van der Waals surface area (Å²) in [5.41, 5.74) is 2.78. The van der Waals surface area contributed by atoms with Crippen LogP contribution >= 0.6 is 0 Å². The zero-order valence-corrected chi connectivity index (χ0v) is 10.3. The molecule has 0 aliphatic rings. The molecule has 0 aliphatic carbocycles. The van der Waals surface area contributed by atoms with E-state index < -0.39 is 0 Å². The molecule has 0 fully saturated rings. The van der Waals surface area contributed by atoms with Crippen LogP contribution in [0.2, 0.25) is 0 Å². The predicted molar refractivity (Wildman–Crippen MR) is 62.3 cm³/mol. The molecular weight excluding hydrogens is 190 g/mol. The summed E-state index contributed by atoms with van der Waals surface area (Å²) < 4.78 is 0. The molecule has 1 N–H and O–H groups in total. The molecule has 1 unspecified atom stereocenters. The van der Waals surface area contributed by atoms with Gasteiger partial charge in [0.25, 0.3) is 0 Å². The van der Waals surface area contributed by atoms with Crippen LogP contribution in [0.4, 0.5) is 0 Å². The quantitative estimate of drug-likeness (QED) is 0.601. The highest BCUT2D eigenvalue weighted by atomic mass is 16.7. The van der Waals surface area contributed by atoms with E-state index in [0.29, 0.717) is 12.3 Å². The van der Waals surface area contributed by atoms with E-state index in [4.69, 9.17) is 4.84 Å². The lowest BCUT2D eigenvalue weighted by Gasteiger charge is -2.14. The Morgan fingerprint density at radius 2 is 2.00 bits per heavy atom. The molecule has 0 spiro atoms. The second-order valence-corrected chi connectivity index (χ2v) is 3.99. The van der Waals surface area contributed by atoms with Crippen LogP contribution in [-0.2, 0) is 9.63 Å². The molecule has 0 amide bonds. The number of unbranched alkanes of at least 4 members (excludes halogenated alkanes) is 1. The van der Waals surface area contributed by atoms with Crippen LogP contribution < -0.4 is 5.48 Å². The summed E-state index contributed by atoms with van der Waals surface area (Å²) in [6.07, 6.45) is 6.17. The van der Waals surface area contributed by atoms with Crippen molar-refractivity contribution in [3.8, 4) is 0 Å². The van der Waals surface area contributed by atoms with Crippen molar-refractivity contribution in [3.63, 3.8) is 0 Å². The molecule has 0 rings (SSSR count). The van der Waals surface area contributed by atoms with Crippen LogP contribution in [-0.4, -0.2) is 12.5 Å². The van der Waals surface area contributed by atoms with Crippen molar-refractivity contribution in [1.29, 1.82) is 0 Å². The number of hydrogen-bond donors (Lipinski definition) is 1. The maximum atomic E-state index is 11.0. The van der Waals surface area contributed by atoms with Gasteiger partial charge in [-0.2, -0.15) is 5.48 Å². The molecule has 0 aromatic carbocycles. The molecule has 0 saturated heterocycles. The monoisotopic (exact) mass is 215 g/mol. The predicted octanol–water partition coefficient (Wildman–Crippen LogP) is 3.05. The van der Waals surface area contributed by atoms with Crippen molar-refractivity contribution in [2.45, 2.75) is 59.3 Å². The fourth-order valence-electron chi connectivity index (χ4n) is 1.44. The highest BCUT2D eigenvalue weighted by Crippen LogP contribution is 2.11. The summed E-state index contributed by atoms with van der Waals surface area (Å²) in [6, 6.07) is 0. The molecule has 0 bridgehead atoms.